The molecule has 110 valence electrons. The first-order valence-electron chi connectivity index (χ1n) is 6.30. The van der Waals surface area contributed by atoms with Crippen LogP contribution in [0.15, 0.2) is 35.3 Å². The maximum atomic E-state index is 11.9. The van der Waals surface area contributed by atoms with Crippen LogP contribution >= 0.6 is 0 Å². The third-order valence-corrected chi connectivity index (χ3v) is 3.04. The van der Waals surface area contributed by atoms with E-state index in [1.807, 2.05) is 0 Å². The van der Waals surface area contributed by atoms with Gasteiger partial charge in [0.1, 0.15) is 12.1 Å². The number of amides is 1. The van der Waals surface area contributed by atoms with E-state index >= 15 is 0 Å². The molecular formula is C14H15N3O4. The number of aromatic nitrogens is 2. The zero-order valence-electron chi connectivity index (χ0n) is 11.7. The van der Waals surface area contributed by atoms with Crippen molar-refractivity contribution < 1.29 is 14.7 Å². The number of benzene rings is 1. The molecule has 0 aliphatic carbocycles. The van der Waals surface area contributed by atoms with Gasteiger partial charge in [-0.25, -0.2) is 4.79 Å². The highest BCUT2D eigenvalue weighted by Crippen LogP contribution is 2.08. The van der Waals surface area contributed by atoms with Gasteiger partial charge in [-0.05, 0) is 26.0 Å². The van der Waals surface area contributed by atoms with E-state index in [0.717, 1.165) is 6.20 Å². The van der Waals surface area contributed by atoms with E-state index < -0.39 is 17.4 Å². The molecular weight excluding hydrogens is 274 g/mol. The van der Waals surface area contributed by atoms with Gasteiger partial charge in [-0.2, -0.15) is 5.10 Å². The average molecular weight is 289 g/mol. The predicted molar refractivity (Wildman–Crippen MR) is 75.9 cm³/mol. The van der Waals surface area contributed by atoms with Crippen molar-refractivity contribution in [2.45, 2.75) is 25.9 Å². The first kappa shape index (κ1) is 14.7. The zero-order chi connectivity index (χ0) is 15.6. The number of nitrogens with zero attached hydrogens (tertiary/aromatic N) is 2. The number of para-hydroxylation sites is 1. The number of carboxylic acids is 1. The normalized spacial score (nSPS) is 11.3. The molecule has 1 heterocycles. The van der Waals surface area contributed by atoms with Crippen LogP contribution in [-0.2, 0) is 16.1 Å². The molecule has 21 heavy (non-hydrogen) atoms. The van der Waals surface area contributed by atoms with Crippen LogP contribution in [0.3, 0.4) is 0 Å². The fourth-order valence-corrected chi connectivity index (χ4v) is 1.86. The summed E-state index contributed by atoms with van der Waals surface area (Å²) in [4.78, 5) is 34.6. The molecule has 1 aromatic heterocycles. The lowest BCUT2D eigenvalue weighted by molar-refractivity contribution is -0.146. The maximum absolute atomic E-state index is 11.9. The van der Waals surface area contributed by atoms with Crippen molar-refractivity contribution in [3.63, 3.8) is 0 Å². The number of carbonyl (C=O) groups is 2. The second-order valence-corrected chi connectivity index (χ2v) is 5.16. The summed E-state index contributed by atoms with van der Waals surface area (Å²) in [5.74, 6) is -1.63. The Morgan fingerprint density at radius 3 is 2.67 bits per heavy atom. The van der Waals surface area contributed by atoms with E-state index in [9.17, 15) is 14.4 Å². The van der Waals surface area contributed by atoms with Crippen molar-refractivity contribution in [2.24, 2.45) is 0 Å². The Balaban J connectivity index is 2.29. The fourth-order valence-electron chi connectivity index (χ4n) is 1.86. The van der Waals surface area contributed by atoms with Crippen LogP contribution in [0.1, 0.15) is 13.8 Å². The van der Waals surface area contributed by atoms with E-state index in [2.05, 4.69) is 10.4 Å². The van der Waals surface area contributed by atoms with Crippen LogP contribution in [0, 0.1) is 0 Å². The van der Waals surface area contributed by atoms with Crippen molar-refractivity contribution in [3.05, 3.63) is 40.7 Å². The van der Waals surface area contributed by atoms with Crippen molar-refractivity contribution in [2.75, 3.05) is 0 Å². The van der Waals surface area contributed by atoms with Gasteiger partial charge in [-0.15, -0.1) is 0 Å². The number of aliphatic carboxylic acids is 1. The van der Waals surface area contributed by atoms with Gasteiger partial charge in [0.05, 0.1) is 11.7 Å². The smallest absolute Gasteiger partial charge is 0.328 e. The highest BCUT2D eigenvalue weighted by Gasteiger charge is 2.28. The number of carbonyl (C=O) groups excluding carboxylic acids is 1. The molecule has 0 aliphatic rings. The van der Waals surface area contributed by atoms with Gasteiger partial charge in [0.2, 0.25) is 11.3 Å². The first-order valence-corrected chi connectivity index (χ1v) is 6.30. The summed E-state index contributed by atoms with van der Waals surface area (Å²) in [6, 6.07) is 6.79. The van der Waals surface area contributed by atoms with E-state index in [1.165, 1.54) is 18.5 Å². The van der Waals surface area contributed by atoms with Crippen LogP contribution in [0.2, 0.25) is 0 Å². The molecule has 1 aromatic carbocycles. The first-order chi connectivity index (χ1) is 9.81. The molecule has 0 aliphatic heterocycles. The molecule has 0 spiro atoms. The molecule has 2 rings (SSSR count). The molecule has 0 saturated carbocycles. The fraction of sp³-hybridized carbons (Fsp3) is 0.286. The second kappa shape index (κ2) is 5.35. The Morgan fingerprint density at radius 2 is 2.00 bits per heavy atom. The molecule has 0 radical (unpaired) electrons. The maximum Gasteiger partial charge on any atom is 0.328 e. The predicted octanol–water partition coefficient (Wildman–Crippen LogP) is 0.376. The van der Waals surface area contributed by atoms with E-state index in [-0.39, 0.29) is 12.0 Å². The summed E-state index contributed by atoms with van der Waals surface area (Å²) in [5, 5.41) is 15.8. The SMILES string of the molecule is CC(C)(NC(=O)Cn1ncc(=O)c2ccccc21)C(=O)O. The van der Waals surface area contributed by atoms with E-state index in [4.69, 9.17) is 5.11 Å². The Hall–Kier alpha value is -2.70. The van der Waals surface area contributed by atoms with Crippen LogP contribution in [0.5, 0.6) is 0 Å². The van der Waals surface area contributed by atoms with E-state index in [1.54, 1.807) is 24.3 Å². The minimum absolute atomic E-state index is 0.169. The van der Waals surface area contributed by atoms with Gasteiger partial charge in [0.25, 0.3) is 0 Å². The standard InChI is InChI=1S/C14H15N3O4/c1-14(2,13(20)21)16-12(19)8-17-10-6-4-3-5-9(10)11(18)7-15-17/h3-7H,8H2,1-2H3,(H,16,19)(H,20,21). The lowest BCUT2D eigenvalue weighted by Gasteiger charge is -2.21. The van der Waals surface area contributed by atoms with Gasteiger partial charge in [-0.3, -0.25) is 14.3 Å². The molecule has 1 amide bonds. The van der Waals surface area contributed by atoms with Gasteiger partial charge in [0.15, 0.2) is 0 Å². The number of hydrogen-bond acceptors (Lipinski definition) is 4. The highest BCUT2D eigenvalue weighted by atomic mass is 16.4. The Bertz CT molecular complexity index is 764. The monoisotopic (exact) mass is 289 g/mol. The second-order valence-electron chi connectivity index (χ2n) is 5.16. The van der Waals surface area contributed by atoms with Crippen LogP contribution < -0.4 is 10.7 Å². The molecule has 0 bridgehead atoms. The minimum Gasteiger partial charge on any atom is -0.480 e. The summed E-state index contributed by atoms with van der Waals surface area (Å²) in [6.07, 6.45) is 1.14. The summed E-state index contributed by atoms with van der Waals surface area (Å²) in [6.45, 7) is 2.62. The van der Waals surface area contributed by atoms with Crippen LogP contribution in [-0.4, -0.2) is 32.3 Å². The summed E-state index contributed by atoms with van der Waals surface area (Å²) in [7, 11) is 0. The van der Waals surface area contributed by atoms with Gasteiger partial charge < -0.3 is 10.4 Å². The molecule has 0 unspecified atom stereocenters. The number of nitrogens with one attached hydrogen (secondary N) is 1. The number of rotatable bonds is 4. The quantitative estimate of drug-likeness (QED) is 0.847. The van der Waals surface area contributed by atoms with E-state index in [0.29, 0.717) is 10.9 Å². The van der Waals surface area contributed by atoms with Crippen molar-refractivity contribution in [1.29, 1.82) is 0 Å². The Morgan fingerprint density at radius 1 is 1.33 bits per heavy atom. The average Bonchev–Trinajstić information content (AvgIpc) is 2.41. The molecule has 2 N–H and O–H groups in total. The molecule has 0 saturated heterocycles. The third kappa shape index (κ3) is 3.07. The van der Waals surface area contributed by atoms with Gasteiger partial charge >= 0.3 is 5.97 Å². The van der Waals surface area contributed by atoms with Crippen molar-refractivity contribution in [1.82, 2.24) is 15.1 Å². The number of hydrogen-bond donors (Lipinski definition) is 2. The molecule has 0 atom stereocenters. The van der Waals surface area contributed by atoms with Crippen molar-refractivity contribution in [3.8, 4) is 0 Å². The molecule has 2 aromatic rings. The van der Waals surface area contributed by atoms with Crippen LogP contribution in [0.25, 0.3) is 10.9 Å². The summed E-state index contributed by atoms with van der Waals surface area (Å²) < 4.78 is 1.37. The number of fused-ring (bicyclic) bond motifs is 1. The minimum atomic E-state index is -1.37. The van der Waals surface area contributed by atoms with Crippen molar-refractivity contribution >= 4 is 22.8 Å². The van der Waals surface area contributed by atoms with Gasteiger partial charge in [-0.1, -0.05) is 12.1 Å². The largest absolute Gasteiger partial charge is 0.480 e. The summed E-state index contributed by atoms with van der Waals surface area (Å²) >= 11 is 0. The molecule has 7 heteroatoms. The molecule has 0 fully saturated rings. The Kier molecular flexibility index (Phi) is 3.75. The Labute approximate surface area is 120 Å². The third-order valence-electron chi connectivity index (χ3n) is 3.04. The van der Waals surface area contributed by atoms with Gasteiger partial charge in [0, 0.05) is 5.39 Å². The lowest BCUT2D eigenvalue weighted by atomic mass is 10.1. The lowest BCUT2D eigenvalue weighted by Crippen LogP contribution is -2.50. The molecule has 7 nitrogen and oxygen atoms in total. The zero-order valence-corrected chi connectivity index (χ0v) is 11.7. The number of carboxylic acid groups (broad SMARTS) is 1. The topological polar surface area (TPSA) is 101 Å². The summed E-state index contributed by atoms with van der Waals surface area (Å²) in [5.41, 5.74) is -1.08. The van der Waals surface area contributed by atoms with Crippen LogP contribution in [0.4, 0.5) is 0 Å². The highest BCUT2D eigenvalue weighted by molar-refractivity contribution is 5.87.